The number of benzene rings is 2. The minimum Gasteiger partial charge on any atom is -1.00 e. The molecule has 0 aromatic heterocycles. The summed E-state index contributed by atoms with van der Waals surface area (Å²) in [4.78, 5) is 0. The van der Waals surface area contributed by atoms with Crippen molar-refractivity contribution in [1.29, 1.82) is 0 Å². The quantitative estimate of drug-likeness (QED) is 0.404. The summed E-state index contributed by atoms with van der Waals surface area (Å²) in [5.41, 5.74) is 5.62. The molecule has 0 saturated heterocycles. The fourth-order valence-corrected chi connectivity index (χ4v) is 3.49. The van der Waals surface area contributed by atoms with E-state index in [1.807, 2.05) is 0 Å². The molecule has 0 heterocycles. The summed E-state index contributed by atoms with van der Waals surface area (Å²) in [6.45, 7) is 4.43. The van der Waals surface area contributed by atoms with Crippen molar-refractivity contribution in [3.8, 4) is 0 Å². The molecule has 0 fully saturated rings. The third-order valence-corrected chi connectivity index (χ3v) is 4.42. The summed E-state index contributed by atoms with van der Waals surface area (Å²) in [7, 11) is 0. The summed E-state index contributed by atoms with van der Waals surface area (Å²) in [5, 5.41) is 5.57. The molecule has 3 aromatic carbocycles. The van der Waals surface area contributed by atoms with Gasteiger partial charge in [-0.25, -0.2) is 0 Å². The van der Waals surface area contributed by atoms with Crippen LogP contribution in [0.3, 0.4) is 0 Å². The van der Waals surface area contributed by atoms with Gasteiger partial charge < -0.3 is 24.8 Å². The summed E-state index contributed by atoms with van der Waals surface area (Å²) < 4.78 is 0. The number of hydrogen-bond acceptors (Lipinski definition) is 0. The van der Waals surface area contributed by atoms with Crippen molar-refractivity contribution in [2.75, 3.05) is 0 Å². The van der Waals surface area contributed by atoms with Crippen LogP contribution in [-0.2, 0) is 21.7 Å². The van der Waals surface area contributed by atoms with E-state index in [0.29, 0.717) is 0 Å². The molecule has 115 valence electrons. The Labute approximate surface area is 164 Å². The fourth-order valence-electron chi connectivity index (χ4n) is 3.49. The topological polar surface area (TPSA) is 0 Å². The summed E-state index contributed by atoms with van der Waals surface area (Å²) in [5.74, 6) is 0. The molecular weight excluding hydrogens is 359 g/mol. The molecule has 0 amide bonds. The zero-order chi connectivity index (χ0) is 13.7. The van der Waals surface area contributed by atoms with E-state index in [4.69, 9.17) is 0 Å². The van der Waals surface area contributed by atoms with Gasteiger partial charge in [-0.2, -0.15) is 0 Å². The molecule has 1 aliphatic carbocycles. The van der Waals surface area contributed by atoms with E-state index < -0.39 is 0 Å². The van der Waals surface area contributed by atoms with Crippen molar-refractivity contribution in [2.45, 2.75) is 20.3 Å². The molecule has 0 spiro atoms. The molecule has 3 aromatic rings. The van der Waals surface area contributed by atoms with Crippen LogP contribution in [-0.4, -0.2) is 0 Å². The van der Waals surface area contributed by atoms with Crippen molar-refractivity contribution in [2.24, 2.45) is 0 Å². The summed E-state index contributed by atoms with van der Waals surface area (Å²) >= 11 is 0. The average molecular weight is 376 g/mol. The Balaban J connectivity index is 0.000000882. The van der Waals surface area contributed by atoms with E-state index in [1.54, 1.807) is 0 Å². The smallest absolute Gasteiger partial charge is 1.00 e. The van der Waals surface area contributed by atoms with Gasteiger partial charge in [-0.15, -0.1) is 33.7 Å². The first-order chi connectivity index (χ1) is 9.75. The summed E-state index contributed by atoms with van der Waals surface area (Å²) in [6.07, 6.45) is 7.72. The molecule has 0 nitrogen and oxygen atoms in total. The maximum Gasteiger partial charge on any atom is 3.00 e. The van der Waals surface area contributed by atoms with Crippen molar-refractivity contribution in [1.82, 2.24) is 0 Å². The first-order valence-electron chi connectivity index (χ1n) is 7.20. The van der Waals surface area contributed by atoms with Gasteiger partial charge in [0.1, 0.15) is 0 Å². The van der Waals surface area contributed by atoms with Crippen LogP contribution >= 0.6 is 0 Å². The Morgan fingerprint density at radius 3 is 2.43 bits per heavy atom. The van der Waals surface area contributed by atoms with Crippen LogP contribution < -0.4 is 24.8 Å². The molecule has 0 atom stereocenters. The second kappa shape index (κ2) is 7.77. The van der Waals surface area contributed by atoms with Crippen LogP contribution in [0.5, 0.6) is 0 Å². The molecule has 23 heavy (non-hydrogen) atoms. The van der Waals surface area contributed by atoms with Crippen molar-refractivity contribution in [3.05, 3.63) is 71.3 Å². The molecule has 1 aliphatic rings. The van der Waals surface area contributed by atoms with Gasteiger partial charge in [0.15, 0.2) is 0 Å². The van der Waals surface area contributed by atoms with E-state index in [0.717, 1.165) is 6.42 Å². The minimum atomic E-state index is 0. The molecule has 0 aliphatic heterocycles. The Kier molecular flexibility index (Phi) is 6.80. The number of hydrogen-bond donors (Lipinski definition) is 0. The van der Waals surface area contributed by atoms with E-state index in [-0.39, 0.29) is 46.5 Å². The van der Waals surface area contributed by atoms with Gasteiger partial charge in [-0.05, 0) is 20.3 Å². The first kappa shape index (κ1) is 20.1. The van der Waals surface area contributed by atoms with Crippen LogP contribution in [0.4, 0.5) is 0 Å². The number of fused-ring (bicyclic) bond motifs is 3. The Bertz CT molecular complexity index is 901. The zero-order valence-electron chi connectivity index (χ0n) is 13.2. The fraction of sp³-hybridized carbons (Fsp3) is 0.150. The third kappa shape index (κ3) is 3.19. The third-order valence-electron chi connectivity index (χ3n) is 4.42. The Morgan fingerprint density at radius 1 is 0.957 bits per heavy atom. The minimum absolute atomic E-state index is 0. The Hall–Kier alpha value is -0.916. The zero-order valence-corrected chi connectivity index (χ0v) is 16.2. The molecule has 0 unspecified atom stereocenters. The van der Waals surface area contributed by atoms with Crippen molar-refractivity contribution < 1.29 is 46.5 Å². The van der Waals surface area contributed by atoms with Gasteiger partial charge in [0, 0.05) is 0 Å². The van der Waals surface area contributed by atoms with Gasteiger partial charge >= 0.3 is 21.7 Å². The number of halogens is 2. The van der Waals surface area contributed by atoms with Crippen molar-refractivity contribution >= 4 is 27.1 Å². The van der Waals surface area contributed by atoms with Gasteiger partial charge in [-0.1, -0.05) is 64.8 Å². The van der Waals surface area contributed by atoms with E-state index in [1.165, 1.54) is 43.8 Å². The molecule has 0 saturated carbocycles. The first-order valence-corrected chi connectivity index (χ1v) is 7.20. The van der Waals surface area contributed by atoms with Gasteiger partial charge in [0.25, 0.3) is 0 Å². The molecule has 0 N–H and O–H groups in total. The van der Waals surface area contributed by atoms with Crippen LogP contribution in [0, 0.1) is 13.8 Å². The molecule has 3 heteroatoms. The standard InChI is InChI=1S/C20H17.2ClH.Ti/c1-13-6-5-9-16-12-18-17(20(13)16)11-10-14(2)19(18)15-7-3-4-8-15;;;/h3-7,9-12H,8H2,1-2H3;2*1H;/q-1;;;+3/p-2. The normalized spacial score (nSPS) is 12.5. The van der Waals surface area contributed by atoms with Crippen LogP contribution in [0.1, 0.15) is 23.1 Å². The van der Waals surface area contributed by atoms with Gasteiger partial charge in [0.2, 0.25) is 0 Å². The number of allylic oxidation sites excluding steroid dienone is 4. The molecule has 1 radical (unpaired) electrons. The van der Waals surface area contributed by atoms with E-state index in [2.05, 4.69) is 68.5 Å². The second-order valence-corrected chi connectivity index (χ2v) is 5.73. The van der Waals surface area contributed by atoms with E-state index in [9.17, 15) is 0 Å². The maximum absolute atomic E-state index is 2.36. The van der Waals surface area contributed by atoms with Crippen molar-refractivity contribution in [3.63, 3.8) is 0 Å². The number of rotatable bonds is 1. The predicted octanol–water partition coefficient (Wildman–Crippen LogP) is -0.322. The van der Waals surface area contributed by atoms with E-state index >= 15 is 0 Å². The monoisotopic (exact) mass is 375 g/mol. The Morgan fingerprint density at radius 2 is 1.74 bits per heavy atom. The average Bonchev–Trinajstić information content (AvgIpc) is 3.05. The van der Waals surface area contributed by atoms with Gasteiger partial charge in [0.05, 0.1) is 0 Å². The second-order valence-electron chi connectivity index (χ2n) is 5.73. The van der Waals surface area contributed by atoms with Crippen LogP contribution in [0.2, 0.25) is 0 Å². The van der Waals surface area contributed by atoms with Gasteiger partial charge in [-0.3, -0.25) is 0 Å². The molecular formula is C20H17Cl2Ti. The SMILES string of the molecule is Cc1ccc2c([cH-]c3cccc(C)c32)c1C1=CC=CC1.[Cl-].[Cl-].[Ti+3]. The number of aryl methyl sites for hydroxylation is 2. The summed E-state index contributed by atoms with van der Waals surface area (Å²) in [6, 6.07) is 13.5. The molecule has 4 rings (SSSR count). The van der Waals surface area contributed by atoms with Crippen LogP contribution in [0.15, 0.2) is 54.6 Å². The molecule has 0 bridgehead atoms. The predicted molar refractivity (Wildman–Crippen MR) is 88.3 cm³/mol. The maximum atomic E-state index is 2.36. The largest absolute Gasteiger partial charge is 3.00 e. The van der Waals surface area contributed by atoms with Crippen LogP contribution in [0.25, 0.3) is 27.1 Å².